The van der Waals surface area contributed by atoms with Crippen molar-refractivity contribution in [3.8, 4) is 11.1 Å². The molecule has 0 fully saturated rings. The van der Waals surface area contributed by atoms with E-state index in [0.717, 1.165) is 34.0 Å². The van der Waals surface area contributed by atoms with Crippen LogP contribution in [0.5, 0.6) is 0 Å². The highest BCUT2D eigenvalue weighted by Crippen LogP contribution is 2.22. The van der Waals surface area contributed by atoms with Gasteiger partial charge in [-0.3, -0.25) is 9.59 Å². The molecule has 194 valence electrons. The first kappa shape index (κ1) is 26.9. The van der Waals surface area contributed by atoms with Crippen LogP contribution in [0.3, 0.4) is 0 Å². The molecule has 0 radical (unpaired) electrons. The first-order chi connectivity index (χ1) is 18.5. The van der Waals surface area contributed by atoms with E-state index in [0.29, 0.717) is 12.0 Å². The maximum atomic E-state index is 13.5. The molecule has 1 N–H and O–H groups in total. The zero-order valence-electron chi connectivity index (χ0n) is 21.0. The lowest BCUT2D eigenvalue weighted by Gasteiger charge is -2.21. The minimum absolute atomic E-state index is 0.0984. The van der Waals surface area contributed by atoms with E-state index in [4.69, 9.17) is 9.15 Å². The summed E-state index contributed by atoms with van der Waals surface area (Å²) in [6, 6.07) is 27.4. The fourth-order valence-corrected chi connectivity index (χ4v) is 5.01. The van der Waals surface area contributed by atoms with Gasteiger partial charge in [0.05, 0.1) is 25.6 Å². The maximum absolute atomic E-state index is 13.5. The Bertz CT molecular complexity index is 1320. The van der Waals surface area contributed by atoms with Gasteiger partial charge >= 0.3 is 5.97 Å². The summed E-state index contributed by atoms with van der Waals surface area (Å²) in [5.74, 6) is -1.07. The van der Waals surface area contributed by atoms with Crippen molar-refractivity contribution in [1.82, 2.24) is 5.32 Å². The van der Waals surface area contributed by atoms with E-state index in [-0.39, 0.29) is 23.2 Å². The summed E-state index contributed by atoms with van der Waals surface area (Å²) in [4.78, 5) is 38.8. The van der Waals surface area contributed by atoms with E-state index in [2.05, 4.69) is 5.32 Å². The van der Waals surface area contributed by atoms with Crippen LogP contribution in [0.4, 0.5) is 0 Å². The molecule has 0 saturated heterocycles. The third-order valence-electron chi connectivity index (χ3n) is 6.17. The van der Waals surface area contributed by atoms with Gasteiger partial charge in [0.15, 0.2) is 0 Å². The van der Waals surface area contributed by atoms with Gasteiger partial charge in [-0.2, -0.15) is 0 Å². The Balaban J connectivity index is 1.46. The molecule has 1 amide bonds. The maximum Gasteiger partial charge on any atom is 0.328 e. The number of ether oxygens (including phenoxy) is 1. The predicted octanol–water partition coefficient (Wildman–Crippen LogP) is 5.58. The fraction of sp³-hybridized carbons (Fsp3) is 0.194. The molecule has 38 heavy (non-hydrogen) atoms. The molecule has 0 aliphatic carbocycles. The van der Waals surface area contributed by atoms with E-state index >= 15 is 0 Å². The number of thioether (sulfide) groups is 1. The van der Waals surface area contributed by atoms with Crippen LogP contribution in [0.15, 0.2) is 108 Å². The van der Waals surface area contributed by atoms with Crippen molar-refractivity contribution in [2.45, 2.75) is 18.9 Å². The largest absolute Gasteiger partial charge is 0.472 e. The molecule has 1 heterocycles. The van der Waals surface area contributed by atoms with Gasteiger partial charge in [-0.15, -0.1) is 0 Å². The Labute approximate surface area is 226 Å². The Kier molecular flexibility index (Phi) is 9.54. The summed E-state index contributed by atoms with van der Waals surface area (Å²) < 4.78 is 10.1. The molecule has 7 heteroatoms. The Morgan fingerprint density at radius 1 is 0.816 bits per heavy atom. The number of hydrogen-bond donors (Lipinski definition) is 1. The van der Waals surface area contributed by atoms with E-state index in [9.17, 15) is 14.4 Å². The van der Waals surface area contributed by atoms with Crippen LogP contribution in [0.25, 0.3) is 11.1 Å². The van der Waals surface area contributed by atoms with Crippen LogP contribution in [-0.2, 0) is 27.2 Å². The Hall–Kier alpha value is -4.10. The van der Waals surface area contributed by atoms with Crippen LogP contribution >= 0.6 is 11.8 Å². The number of rotatable bonds is 11. The lowest BCUT2D eigenvalue weighted by atomic mass is 9.98. The second kappa shape index (κ2) is 13.4. The van der Waals surface area contributed by atoms with Crippen molar-refractivity contribution in [2.75, 3.05) is 12.9 Å². The average molecular weight is 528 g/mol. The third kappa shape index (κ3) is 7.46. The molecule has 2 atom stereocenters. The van der Waals surface area contributed by atoms with Crippen molar-refractivity contribution in [3.05, 3.63) is 120 Å². The molecular formula is C31H29NO5S. The van der Waals surface area contributed by atoms with Crippen molar-refractivity contribution >= 4 is 28.8 Å². The van der Waals surface area contributed by atoms with Crippen LogP contribution in [-0.4, -0.2) is 35.9 Å². The van der Waals surface area contributed by atoms with Gasteiger partial charge in [0.1, 0.15) is 6.04 Å². The van der Waals surface area contributed by atoms with Crippen molar-refractivity contribution in [3.63, 3.8) is 0 Å². The molecule has 0 bridgehead atoms. The summed E-state index contributed by atoms with van der Waals surface area (Å²) in [6.07, 6.45) is 4.00. The van der Waals surface area contributed by atoms with Gasteiger partial charge in [0.25, 0.3) is 0 Å². The number of benzene rings is 3. The molecule has 0 spiro atoms. The van der Waals surface area contributed by atoms with Crippen molar-refractivity contribution in [1.29, 1.82) is 0 Å². The zero-order chi connectivity index (χ0) is 26.7. The minimum Gasteiger partial charge on any atom is -0.472 e. The third-order valence-corrected chi connectivity index (χ3v) is 7.24. The van der Waals surface area contributed by atoms with Gasteiger partial charge in [-0.05, 0) is 29.2 Å². The minimum atomic E-state index is -0.861. The number of amides is 1. The highest BCUT2D eigenvalue weighted by molar-refractivity contribution is 8.14. The van der Waals surface area contributed by atoms with E-state index in [1.54, 1.807) is 24.7 Å². The van der Waals surface area contributed by atoms with Gasteiger partial charge in [-0.25, -0.2) is 4.79 Å². The Morgan fingerprint density at radius 3 is 2.11 bits per heavy atom. The van der Waals surface area contributed by atoms with E-state index in [1.165, 1.54) is 7.11 Å². The summed E-state index contributed by atoms with van der Waals surface area (Å²) in [6.45, 7) is 0. The lowest BCUT2D eigenvalue weighted by molar-refractivity contribution is -0.145. The van der Waals surface area contributed by atoms with Crippen LogP contribution in [0.2, 0.25) is 0 Å². The summed E-state index contributed by atoms with van der Waals surface area (Å²) in [7, 11) is 1.30. The number of esters is 1. The molecule has 4 aromatic rings. The highest BCUT2D eigenvalue weighted by atomic mass is 32.2. The topological polar surface area (TPSA) is 85.6 Å². The number of methoxy groups -OCH3 is 1. The first-order valence-electron chi connectivity index (χ1n) is 12.3. The summed E-state index contributed by atoms with van der Waals surface area (Å²) >= 11 is 1.11. The van der Waals surface area contributed by atoms with Crippen LogP contribution in [0.1, 0.15) is 21.5 Å². The molecule has 4 rings (SSSR count). The molecule has 0 saturated carbocycles. The molecule has 0 unspecified atom stereocenters. The van der Waals surface area contributed by atoms with Gasteiger partial charge < -0.3 is 14.5 Å². The zero-order valence-corrected chi connectivity index (χ0v) is 21.9. The van der Waals surface area contributed by atoms with E-state index in [1.807, 2.05) is 78.9 Å². The Morgan fingerprint density at radius 2 is 1.47 bits per heavy atom. The number of carbonyl (C=O) groups excluding carboxylic acids is 3. The number of furan rings is 1. The SMILES string of the molecule is COC(=O)[C@H](Cc1ccc(-c2ccoc2)cc1)NC(=O)[C@@H](CSC(=O)c1ccccc1)Cc1ccccc1. The van der Waals surface area contributed by atoms with Crippen LogP contribution in [0, 0.1) is 5.92 Å². The second-order valence-corrected chi connectivity index (χ2v) is 9.84. The van der Waals surface area contributed by atoms with Gasteiger partial charge in [0.2, 0.25) is 11.0 Å². The van der Waals surface area contributed by atoms with Crippen molar-refractivity contribution < 1.29 is 23.5 Å². The van der Waals surface area contributed by atoms with Crippen molar-refractivity contribution in [2.24, 2.45) is 5.92 Å². The highest BCUT2D eigenvalue weighted by Gasteiger charge is 2.27. The quantitative estimate of drug-likeness (QED) is 0.256. The molecule has 0 aliphatic rings. The normalized spacial score (nSPS) is 12.3. The van der Waals surface area contributed by atoms with Crippen LogP contribution < -0.4 is 5.32 Å². The second-order valence-electron chi connectivity index (χ2n) is 8.85. The average Bonchev–Trinajstić information content (AvgIpc) is 3.51. The predicted molar refractivity (Wildman–Crippen MR) is 149 cm³/mol. The summed E-state index contributed by atoms with van der Waals surface area (Å²) in [5.41, 5.74) is 4.39. The van der Waals surface area contributed by atoms with E-state index < -0.39 is 17.9 Å². The monoisotopic (exact) mass is 527 g/mol. The number of nitrogens with one attached hydrogen (secondary N) is 1. The first-order valence-corrected chi connectivity index (χ1v) is 13.3. The molecule has 1 aromatic heterocycles. The lowest BCUT2D eigenvalue weighted by Crippen LogP contribution is -2.46. The molecule has 3 aromatic carbocycles. The van der Waals surface area contributed by atoms with Gasteiger partial charge in [0, 0.05) is 23.3 Å². The smallest absolute Gasteiger partial charge is 0.328 e. The summed E-state index contributed by atoms with van der Waals surface area (Å²) in [5, 5.41) is 2.79. The van der Waals surface area contributed by atoms with Gasteiger partial charge in [-0.1, -0.05) is 96.7 Å². The number of carbonyl (C=O) groups is 3. The molecule has 0 aliphatic heterocycles. The molecular weight excluding hydrogens is 498 g/mol. The number of hydrogen-bond acceptors (Lipinski definition) is 6. The standard InChI is InChI=1S/C31H29NO5S/c1-36-30(34)28(19-23-12-14-24(15-13-23)26-16-17-37-20-26)32-29(33)27(18-22-8-4-2-5-9-22)21-38-31(35)25-10-6-3-7-11-25/h2-17,20,27-28H,18-19,21H2,1H3,(H,32,33)/t27-,28+/m1/s1. The molecule has 6 nitrogen and oxygen atoms in total. The fourth-order valence-electron chi connectivity index (χ4n) is 4.08.